The first-order chi connectivity index (χ1) is 8.81. The van der Waals surface area contributed by atoms with E-state index in [1.165, 1.54) is 13.3 Å². The molecule has 0 aliphatic heterocycles. The molecule has 0 aromatic heterocycles. The number of hydrogen-bond donors (Lipinski definition) is 1. The van der Waals surface area contributed by atoms with Crippen molar-refractivity contribution in [1.29, 1.82) is 0 Å². The minimum Gasteiger partial charge on any atom is -0.461 e. The van der Waals surface area contributed by atoms with E-state index in [1.807, 2.05) is 0 Å². The number of carbonyl (C=O) groups is 2. The lowest BCUT2D eigenvalue weighted by molar-refractivity contribution is -0.159. The summed E-state index contributed by atoms with van der Waals surface area (Å²) in [7, 11) is 0. The quantitative estimate of drug-likeness (QED) is 0.798. The molecular formula is C15H27NO3. The van der Waals surface area contributed by atoms with Gasteiger partial charge in [0.15, 0.2) is 0 Å². The van der Waals surface area contributed by atoms with E-state index in [1.54, 1.807) is 6.92 Å². The normalized spacial score (nSPS) is 28.8. The Hall–Kier alpha value is -1.06. The molecule has 19 heavy (non-hydrogen) atoms. The van der Waals surface area contributed by atoms with Crippen molar-refractivity contribution in [3.63, 3.8) is 0 Å². The highest BCUT2D eigenvalue weighted by Gasteiger charge is 2.34. The molecule has 0 spiro atoms. The van der Waals surface area contributed by atoms with E-state index in [0.717, 1.165) is 12.8 Å². The van der Waals surface area contributed by atoms with E-state index in [-0.39, 0.29) is 18.0 Å². The van der Waals surface area contributed by atoms with Gasteiger partial charge < -0.3 is 10.1 Å². The summed E-state index contributed by atoms with van der Waals surface area (Å²) in [5.41, 5.74) is 0. The number of nitrogens with one attached hydrogen (secondary N) is 1. The van der Waals surface area contributed by atoms with Gasteiger partial charge in [-0.25, -0.2) is 4.79 Å². The van der Waals surface area contributed by atoms with E-state index in [4.69, 9.17) is 4.74 Å². The van der Waals surface area contributed by atoms with Crippen LogP contribution in [0.1, 0.15) is 53.9 Å². The Morgan fingerprint density at radius 2 is 1.84 bits per heavy atom. The minimum absolute atomic E-state index is 0.00698. The maximum Gasteiger partial charge on any atom is 0.328 e. The van der Waals surface area contributed by atoms with Crippen molar-refractivity contribution in [2.75, 3.05) is 0 Å². The van der Waals surface area contributed by atoms with Crippen molar-refractivity contribution < 1.29 is 14.3 Å². The molecule has 0 aromatic carbocycles. The molecule has 1 N–H and O–H groups in total. The Kier molecular flexibility index (Phi) is 5.83. The SMILES string of the molecule is CC(=O)NC(C)C(=O)O[C@@H]1C[C@@H](C)CC[C@@H]1C(C)C. The lowest BCUT2D eigenvalue weighted by Gasteiger charge is -2.37. The Bertz CT molecular complexity index is 327. The monoisotopic (exact) mass is 269 g/mol. The summed E-state index contributed by atoms with van der Waals surface area (Å²) in [6.45, 7) is 9.63. The van der Waals surface area contributed by atoms with E-state index >= 15 is 0 Å². The van der Waals surface area contributed by atoms with Crippen molar-refractivity contribution in [1.82, 2.24) is 5.32 Å². The van der Waals surface area contributed by atoms with Crippen molar-refractivity contribution in [3.05, 3.63) is 0 Å². The van der Waals surface area contributed by atoms with Crippen LogP contribution < -0.4 is 5.32 Å². The van der Waals surface area contributed by atoms with Crippen molar-refractivity contribution in [3.8, 4) is 0 Å². The van der Waals surface area contributed by atoms with Crippen LogP contribution in [-0.2, 0) is 14.3 Å². The van der Waals surface area contributed by atoms with Crippen molar-refractivity contribution >= 4 is 11.9 Å². The smallest absolute Gasteiger partial charge is 0.328 e. The fourth-order valence-electron chi connectivity index (χ4n) is 2.87. The summed E-state index contributed by atoms with van der Waals surface area (Å²) < 4.78 is 5.64. The molecule has 1 fully saturated rings. The van der Waals surface area contributed by atoms with Gasteiger partial charge in [-0.05, 0) is 37.5 Å². The summed E-state index contributed by atoms with van der Waals surface area (Å²) in [6.07, 6.45) is 3.25. The third kappa shape index (κ3) is 4.84. The topological polar surface area (TPSA) is 55.4 Å². The summed E-state index contributed by atoms with van der Waals surface area (Å²) >= 11 is 0. The predicted molar refractivity (Wildman–Crippen MR) is 74.5 cm³/mol. The van der Waals surface area contributed by atoms with Crippen LogP contribution in [0.2, 0.25) is 0 Å². The highest BCUT2D eigenvalue weighted by molar-refractivity contribution is 5.82. The Balaban J connectivity index is 2.60. The molecule has 0 saturated heterocycles. The van der Waals surface area contributed by atoms with E-state index < -0.39 is 6.04 Å². The zero-order valence-electron chi connectivity index (χ0n) is 12.7. The third-order valence-corrected chi connectivity index (χ3v) is 4.00. The Morgan fingerprint density at radius 1 is 1.21 bits per heavy atom. The fraction of sp³-hybridized carbons (Fsp3) is 0.867. The minimum atomic E-state index is -0.567. The van der Waals surface area contributed by atoms with Crippen LogP contribution in [0.25, 0.3) is 0 Å². The van der Waals surface area contributed by atoms with Gasteiger partial charge in [-0.1, -0.05) is 27.2 Å². The molecule has 0 heterocycles. The highest BCUT2D eigenvalue weighted by Crippen LogP contribution is 2.35. The third-order valence-electron chi connectivity index (χ3n) is 4.00. The molecule has 1 rings (SSSR count). The van der Waals surface area contributed by atoms with E-state index in [9.17, 15) is 9.59 Å². The first kappa shape index (κ1) is 16.0. The molecule has 1 aliphatic carbocycles. The molecule has 4 atom stereocenters. The summed E-state index contributed by atoms with van der Waals surface area (Å²) in [4.78, 5) is 22.9. The summed E-state index contributed by atoms with van der Waals surface area (Å²) in [5, 5.41) is 2.57. The second-order valence-corrected chi connectivity index (χ2v) is 6.22. The number of esters is 1. The molecular weight excluding hydrogens is 242 g/mol. The highest BCUT2D eigenvalue weighted by atomic mass is 16.5. The van der Waals surface area contributed by atoms with Gasteiger partial charge in [0.05, 0.1) is 0 Å². The van der Waals surface area contributed by atoms with Crippen LogP contribution in [0.4, 0.5) is 0 Å². The van der Waals surface area contributed by atoms with Crippen LogP contribution in [0.15, 0.2) is 0 Å². The number of amides is 1. The van der Waals surface area contributed by atoms with Crippen molar-refractivity contribution in [2.45, 2.75) is 66.0 Å². The van der Waals surface area contributed by atoms with Gasteiger partial charge in [0, 0.05) is 6.92 Å². The zero-order chi connectivity index (χ0) is 14.6. The van der Waals surface area contributed by atoms with Crippen LogP contribution in [0.5, 0.6) is 0 Å². The van der Waals surface area contributed by atoms with Crippen LogP contribution in [-0.4, -0.2) is 24.0 Å². The maximum absolute atomic E-state index is 12.0. The van der Waals surface area contributed by atoms with E-state index in [0.29, 0.717) is 17.8 Å². The molecule has 1 saturated carbocycles. The second kappa shape index (κ2) is 6.92. The van der Waals surface area contributed by atoms with Gasteiger partial charge >= 0.3 is 5.97 Å². The second-order valence-electron chi connectivity index (χ2n) is 6.22. The summed E-state index contributed by atoms with van der Waals surface area (Å²) in [5.74, 6) is 1.02. The number of carbonyl (C=O) groups excluding carboxylic acids is 2. The van der Waals surface area contributed by atoms with Gasteiger partial charge in [0.1, 0.15) is 12.1 Å². The molecule has 4 nitrogen and oxygen atoms in total. The molecule has 1 aliphatic rings. The average Bonchev–Trinajstić information content (AvgIpc) is 2.27. The molecule has 0 bridgehead atoms. The molecule has 0 aromatic rings. The molecule has 0 radical (unpaired) electrons. The number of rotatable bonds is 4. The van der Waals surface area contributed by atoms with Crippen molar-refractivity contribution in [2.24, 2.45) is 17.8 Å². The number of hydrogen-bond acceptors (Lipinski definition) is 3. The first-order valence-corrected chi connectivity index (χ1v) is 7.28. The van der Waals surface area contributed by atoms with Gasteiger partial charge in [0.2, 0.25) is 5.91 Å². The number of ether oxygens (including phenoxy) is 1. The first-order valence-electron chi connectivity index (χ1n) is 7.28. The lowest BCUT2D eigenvalue weighted by atomic mass is 9.75. The average molecular weight is 269 g/mol. The summed E-state index contributed by atoms with van der Waals surface area (Å²) in [6, 6.07) is -0.567. The zero-order valence-corrected chi connectivity index (χ0v) is 12.7. The standard InChI is InChI=1S/C15H27NO3/c1-9(2)13-7-6-10(3)8-14(13)19-15(18)11(4)16-12(5)17/h9-11,13-14H,6-8H2,1-5H3,(H,16,17)/t10-,11?,13+,14+/m0/s1. The molecule has 4 heteroatoms. The van der Waals surface area contributed by atoms with Gasteiger partial charge in [-0.15, -0.1) is 0 Å². The van der Waals surface area contributed by atoms with Gasteiger partial charge in [0.25, 0.3) is 0 Å². The van der Waals surface area contributed by atoms with Crippen LogP contribution in [0.3, 0.4) is 0 Å². The fourth-order valence-corrected chi connectivity index (χ4v) is 2.87. The molecule has 1 unspecified atom stereocenters. The van der Waals surface area contributed by atoms with Crippen LogP contribution >= 0.6 is 0 Å². The van der Waals surface area contributed by atoms with E-state index in [2.05, 4.69) is 26.1 Å². The molecule has 1 amide bonds. The molecule has 110 valence electrons. The Morgan fingerprint density at radius 3 is 2.37 bits per heavy atom. The lowest BCUT2D eigenvalue weighted by Crippen LogP contribution is -2.43. The predicted octanol–water partition coefficient (Wildman–Crippen LogP) is 2.52. The van der Waals surface area contributed by atoms with Gasteiger partial charge in [-0.2, -0.15) is 0 Å². The largest absolute Gasteiger partial charge is 0.461 e. The maximum atomic E-state index is 12.0. The van der Waals surface area contributed by atoms with Gasteiger partial charge in [-0.3, -0.25) is 4.79 Å². The Labute approximate surface area is 116 Å². The van der Waals surface area contributed by atoms with Crippen LogP contribution in [0, 0.1) is 17.8 Å².